The second-order valence-corrected chi connectivity index (χ2v) is 21.6. The maximum Gasteiger partial charge on any atom is 0.251 e. The van der Waals surface area contributed by atoms with Gasteiger partial charge in [-0.1, -0.05) is 37.8 Å². The van der Waals surface area contributed by atoms with Crippen LogP contribution >= 0.6 is 0 Å². The molecule has 4 aromatic rings. The molecule has 0 unspecified atom stereocenters. The van der Waals surface area contributed by atoms with Crippen molar-refractivity contribution in [3.05, 3.63) is 65.2 Å². The SMILES string of the molecule is Cc1cc(F)c(Nc2nc(-c3ccc4c(c3)N([C@H]3C[C@@H](N5CCCCC5)C3)C(=O)C43CCN(C(=O)C[C@@H]4CCN(C(=O)C5CCCCC5)C4)CC3)cc3ncn(C(C)C)c23)cc1C(=O)NC(C)C. The lowest BCUT2D eigenvalue weighted by molar-refractivity contribution is -0.137. The Morgan fingerprint density at radius 1 is 0.853 bits per heavy atom. The molecule has 6 heterocycles. The number of aromatic nitrogens is 3. The summed E-state index contributed by atoms with van der Waals surface area (Å²) in [5, 5.41) is 6.21. The molecule has 0 radical (unpaired) electrons. The van der Waals surface area contributed by atoms with Crippen LogP contribution < -0.4 is 15.5 Å². The second kappa shape index (κ2) is 18.8. The van der Waals surface area contributed by atoms with Gasteiger partial charge in [-0.25, -0.2) is 14.4 Å². The quantitative estimate of drug-likeness (QED) is 0.152. The third-order valence-corrected chi connectivity index (χ3v) is 16.4. The van der Waals surface area contributed by atoms with Crippen LogP contribution in [-0.2, 0) is 19.8 Å². The number of amides is 4. The molecule has 14 heteroatoms. The Morgan fingerprint density at radius 2 is 1.59 bits per heavy atom. The highest BCUT2D eigenvalue weighted by atomic mass is 19.1. The normalized spacial score (nSPS) is 23.2. The maximum atomic E-state index is 15.9. The Labute approximate surface area is 400 Å². The molecule has 2 N–H and O–H groups in total. The Bertz CT molecular complexity index is 2580. The molecule has 2 saturated carbocycles. The standard InChI is InChI=1S/C54H70FN9O4/c1-33(2)57-51(66)41-29-45(43(55)24-35(41)5)59-50-49-46(56-32-63(49)34(3)4)30-44(58-50)38-14-15-42-47(26-38)64(40-27-39(28-40)60-19-10-7-11-20-60)53(68)54(42)17-22-61(23-18-54)48(65)25-36-16-21-62(31-36)52(67)37-12-8-6-9-13-37/h14-15,24,26,29-30,32-34,36-37,39-40H,6-13,16-23,25,27-28,31H2,1-5H3,(H,57,66)(H,58,59)/t36-,39-,40+/m0/s1. The Balaban J connectivity index is 0.934. The van der Waals surface area contributed by atoms with Crippen LogP contribution in [0.25, 0.3) is 22.3 Å². The molecule has 2 aromatic heterocycles. The lowest BCUT2D eigenvalue weighted by Crippen LogP contribution is -2.58. The van der Waals surface area contributed by atoms with Gasteiger partial charge >= 0.3 is 0 Å². The number of carbonyl (C=O) groups is 4. The highest BCUT2D eigenvalue weighted by Gasteiger charge is 2.56. The third kappa shape index (κ3) is 8.68. The van der Waals surface area contributed by atoms with Crippen molar-refractivity contribution < 1.29 is 23.6 Å². The summed E-state index contributed by atoms with van der Waals surface area (Å²) in [6, 6.07) is 11.7. The van der Waals surface area contributed by atoms with Crippen molar-refractivity contribution in [1.29, 1.82) is 0 Å². The van der Waals surface area contributed by atoms with Crippen molar-refractivity contribution in [1.82, 2.24) is 34.6 Å². The number of likely N-dealkylation sites (tertiary alicyclic amines) is 3. The number of rotatable bonds is 11. The van der Waals surface area contributed by atoms with E-state index in [1.165, 1.54) is 31.7 Å². The van der Waals surface area contributed by atoms with Gasteiger partial charge in [-0.15, -0.1) is 0 Å². The molecule has 5 fully saturated rings. The molecule has 68 heavy (non-hydrogen) atoms. The van der Waals surface area contributed by atoms with Gasteiger partial charge in [-0.2, -0.15) is 0 Å². The van der Waals surface area contributed by atoms with Crippen LogP contribution in [0.5, 0.6) is 0 Å². The number of hydrogen-bond acceptors (Lipinski definition) is 8. The van der Waals surface area contributed by atoms with E-state index in [2.05, 4.69) is 46.4 Å². The number of aryl methyl sites for hydroxylation is 1. The molecule has 6 aliphatic rings. The van der Waals surface area contributed by atoms with Crippen LogP contribution in [0.4, 0.5) is 21.6 Å². The summed E-state index contributed by atoms with van der Waals surface area (Å²) >= 11 is 0. The van der Waals surface area contributed by atoms with Crippen molar-refractivity contribution >= 4 is 51.9 Å². The van der Waals surface area contributed by atoms with E-state index in [9.17, 15) is 14.4 Å². The fourth-order valence-corrected chi connectivity index (χ4v) is 12.4. The van der Waals surface area contributed by atoms with Crippen LogP contribution in [0.15, 0.2) is 42.7 Å². The molecule has 362 valence electrons. The van der Waals surface area contributed by atoms with E-state index in [0.717, 1.165) is 81.4 Å². The number of hydrogen-bond donors (Lipinski definition) is 2. The maximum absolute atomic E-state index is 15.9. The van der Waals surface area contributed by atoms with Crippen molar-refractivity contribution in [2.45, 2.75) is 154 Å². The first kappa shape index (κ1) is 46.4. The molecular formula is C54H70FN9O4. The molecule has 2 aliphatic carbocycles. The predicted molar refractivity (Wildman–Crippen MR) is 263 cm³/mol. The van der Waals surface area contributed by atoms with Crippen molar-refractivity contribution in [2.75, 3.05) is 49.5 Å². The topological polar surface area (TPSA) is 136 Å². The number of imidazole rings is 1. The largest absolute Gasteiger partial charge is 0.350 e. The number of pyridine rings is 1. The number of anilines is 3. The summed E-state index contributed by atoms with van der Waals surface area (Å²) in [6.45, 7) is 14.3. The number of nitrogens with one attached hydrogen (secondary N) is 2. The van der Waals surface area contributed by atoms with Crippen LogP contribution in [0.3, 0.4) is 0 Å². The van der Waals surface area contributed by atoms with Crippen molar-refractivity contribution in [2.24, 2.45) is 11.8 Å². The zero-order valence-corrected chi connectivity index (χ0v) is 40.8. The minimum atomic E-state index is -0.736. The van der Waals surface area contributed by atoms with Gasteiger partial charge in [0.15, 0.2) is 5.82 Å². The molecular weight excluding hydrogens is 858 g/mol. The van der Waals surface area contributed by atoms with Gasteiger partial charge in [0.25, 0.3) is 5.91 Å². The predicted octanol–water partition coefficient (Wildman–Crippen LogP) is 9.05. The first-order valence-corrected chi connectivity index (χ1v) is 25.8. The average Bonchev–Trinajstić information content (AvgIpc) is 4.03. The fourth-order valence-electron chi connectivity index (χ4n) is 12.4. The smallest absolute Gasteiger partial charge is 0.251 e. The summed E-state index contributed by atoms with van der Waals surface area (Å²) in [7, 11) is 0. The van der Waals surface area contributed by atoms with Gasteiger partial charge in [0.05, 0.1) is 28.6 Å². The van der Waals surface area contributed by atoms with E-state index in [1.54, 1.807) is 19.3 Å². The van der Waals surface area contributed by atoms with Gasteiger partial charge in [0, 0.05) is 79.5 Å². The van der Waals surface area contributed by atoms with E-state index in [-0.39, 0.29) is 59.3 Å². The highest BCUT2D eigenvalue weighted by Crippen LogP contribution is 2.52. The second-order valence-electron chi connectivity index (χ2n) is 21.6. The number of piperidine rings is 2. The minimum absolute atomic E-state index is 0.0341. The zero-order chi connectivity index (χ0) is 47.4. The molecule has 1 spiro atoms. The monoisotopic (exact) mass is 928 g/mol. The molecule has 4 amide bonds. The molecule has 0 bridgehead atoms. The van der Waals surface area contributed by atoms with Crippen molar-refractivity contribution in [3.63, 3.8) is 0 Å². The lowest BCUT2D eigenvalue weighted by atomic mass is 9.73. The molecule has 3 saturated heterocycles. The molecule has 13 nitrogen and oxygen atoms in total. The first-order valence-electron chi connectivity index (χ1n) is 25.8. The molecule has 4 aliphatic heterocycles. The minimum Gasteiger partial charge on any atom is -0.350 e. The zero-order valence-electron chi connectivity index (χ0n) is 40.8. The first-order chi connectivity index (χ1) is 32.8. The molecule has 2 aromatic carbocycles. The van der Waals surface area contributed by atoms with E-state index in [0.29, 0.717) is 78.6 Å². The Morgan fingerprint density at radius 3 is 2.31 bits per heavy atom. The van der Waals surface area contributed by atoms with Crippen LogP contribution in [0.1, 0.15) is 145 Å². The van der Waals surface area contributed by atoms with Crippen LogP contribution in [0.2, 0.25) is 0 Å². The van der Waals surface area contributed by atoms with E-state index in [1.807, 2.05) is 40.3 Å². The summed E-state index contributed by atoms with van der Waals surface area (Å²) in [6.07, 6.45) is 15.3. The average molecular weight is 928 g/mol. The molecule has 1 atom stereocenters. The third-order valence-electron chi connectivity index (χ3n) is 16.4. The van der Waals surface area contributed by atoms with Gasteiger partial charge in [-0.3, -0.25) is 19.2 Å². The number of carbonyl (C=O) groups excluding carboxylic acids is 4. The van der Waals surface area contributed by atoms with Gasteiger partial charge in [0.1, 0.15) is 11.3 Å². The highest BCUT2D eigenvalue weighted by molar-refractivity contribution is 6.09. The van der Waals surface area contributed by atoms with Gasteiger partial charge in [0.2, 0.25) is 17.7 Å². The van der Waals surface area contributed by atoms with E-state index >= 15 is 9.18 Å². The van der Waals surface area contributed by atoms with E-state index in [4.69, 9.17) is 9.97 Å². The summed E-state index contributed by atoms with van der Waals surface area (Å²) in [4.78, 5) is 74.4. The number of benzene rings is 2. The van der Waals surface area contributed by atoms with Crippen LogP contribution in [-0.4, -0.2) is 110 Å². The number of halogens is 1. The Hall–Kier alpha value is -5.37. The molecule has 10 rings (SSSR count). The summed E-state index contributed by atoms with van der Waals surface area (Å²) in [5.41, 5.74) is 5.08. The summed E-state index contributed by atoms with van der Waals surface area (Å²) < 4.78 is 17.9. The van der Waals surface area contributed by atoms with Gasteiger partial charge < -0.3 is 34.8 Å². The number of nitrogens with zero attached hydrogens (tertiary/aromatic N) is 7. The fraction of sp³-hybridized carbons (Fsp3) is 0.593. The van der Waals surface area contributed by atoms with E-state index < -0.39 is 11.2 Å². The number of fused-ring (bicyclic) bond motifs is 3. The Kier molecular flexibility index (Phi) is 12.9. The lowest BCUT2D eigenvalue weighted by Gasteiger charge is -2.48. The summed E-state index contributed by atoms with van der Waals surface area (Å²) in [5.74, 6) is 0.507. The van der Waals surface area contributed by atoms with Crippen molar-refractivity contribution in [3.8, 4) is 11.3 Å². The van der Waals surface area contributed by atoms with Gasteiger partial charge in [-0.05, 0) is 147 Å². The van der Waals surface area contributed by atoms with Crippen LogP contribution in [0, 0.1) is 24.6 Å².